The predicted octanol–water partition coefficient (Wildman–Crippen LogP) is 4.06. The molecule has 0 saturated heterocycles. The summed E-state index contributed by atoms with van der Waals surface area (Å²) in [5, 5.41) is 19.9. The van der Waals surface area contributed by atoms with Gasteiger partial charge in [0.05, 0.1) is 25.9 Å². The van der Waals surface area contributed by atoms with E-state index in [1.165, 1.54) is 11.8 Å². The lowest BCUT2D eigenvalue weighted by atomic mass is 10.2. The number of ether oxygens (including phenoxy) is 1. The van der Waals surface area contributed by atoms with Gasteiger partial charge in [0.15, 0.2) is 11.0 Å². The third-order valence-corrected chi connectivity index (χ3v) is 5.76. The van der Waals surface area contributed by atoms with Crippen molar-refractivity contribution in [1.29, 1.82) is 0 Å². The summed E-state index contributed by atoms with van der Waals surface area (Å²) in [6.07, 6.45) is 2.92. The van der Waals surface area contributed by atoms with Gasteiger partial charge in [0.2, 0.25) is 0 Å². The van der Waals surface area contributed by atoms with E-state index in [-0.39, 0.29) is 6.61 Å². The minimum Gasteiger partial charge on any atom is -0.390 e. The Morgan fingerprint density at radius 1 is 0.903 bits per heavy atom. The Labute approximate surface area is 186 Å². The van der Waals surface area contributed by atoms with Crippen molar-refractivity contribution in [3.8, 4) is 11.4 Å². The summed E-state index contributed by atoms with van der Waals surface area (Å²) in [4.78, 5) is 4.21. The molecule has 0 aliphatic rings. The summed E-state index contributed by atoms with van der Waals surface area (Å²) in [7, 11) is 0. The Balaban J connectivity index is 1.41. The standard InChI is InChI=1S/C24H24N4O2S/c29-22(17-30-16-20-10-5-2-6-11-20)18-31-24-27-26-23(21-12-7-13-25-14-21)28(24)15-19-8-3-1-4-9-19/h1-14,22,29H,15-18H2. The first-order valence-corrected chi connectivity index (χ1v) is 11.1. The molecule has 2 aromatic carbocycles. The van der Waals surface area contributed by atoms with Crippen LogP contribution in [0.4, 0.5) is 0 Å². The molecule has 0 amide bonds. The molecule has 0 aliphatic heterocycles. The molecule has 2 heterocycles. The van der Waals surface area contributed by atoms with Crippen LogP contribution >= 0.6 is 11.8 Å². The minimum atomic E-state index is -0.600. The number of aromatic nitrogens is 4. The van der Waals surface area contributed by atoms with Crippen LogP contribution in [0.5, 0.6) is 0 Å². The molecule has 1 unspecified atom stereocenters. The van der Waals surface area contributed by atoms with E-state index in [0.29, 0.717) is 18.9 Å². The molecule has 1 atom stereocenters. The molecule has 6 nitrogen and oxygen atoms in total. The van der Waals surface area contributed by atoms with Gasteiger partial charge in [-0.25, -0.2) is 0 Å². The van der Waals surface area contributed by atoms with E-state index >= 15 is 0 Å². The zero-order valence-corrected chi connectivity index (χ0v) is 17.9. The minimum absolute atomic E-state index is 0.268. The molecular weight excluding hydrogens is 408 g/mol. The molecule has 0 aliphatic carbocycles. The van der Waals surface area contributed by atoms with Crippen molar-refractivity contribution in [3.63, 3.8) is 0 Å². The van der Waals surface area contributed by atoms with E-state index in [9.17, 15) is 5.11 Å². The van der Waals surface area contributed by atoms with E-state index in [0.717, 1.165) is 27.7 Å². The average Bonchev–Trinajstić information content (AvgIpc) is 3.22. The predicted molar refractivity (Wildman–Crippen MR) is 122 cm³/mol. The largest absolute Gasteiger partial charge is 0.390 e. The number of aliphatic hydroxyl groups excluding tert-OH is 1. The summed E-state index contributed by atoms with van der Waals surface area (Å²) >= 11 is 1.48. The van der Waals surface area contributed by atoms with Gasteiger partial charge in [0.25, 0.3) is 0 Å². The molecule has 31 heavy (non-hydrogen) atoms. The maximum atomic E-state index is 10.4. The number of aliphatic hydroxyl groups is 1. The van der Waals surface area contributed by atoms with Crippen molar-refractivity contribution in [2.75, 3.05) is 12.4 Å². The van der Waals surface area contributed by atoms with E-state index in [1.807, 2.05) is 60.7 Å². The first-order valence-electron chi connectivity index (χ1n) is 10.1. The lowest BCUT2D eigenvalue weighted by Gasteiger charge is -2.13. The number of benzene rings is 2. The highest BCUT2D eigenvalue weighted by atomic mass is 32.2. The van der Waals surface area contributed by atoms with Gasteiger partial charge in [0, 0.05) is 23.7 Å². The second-order valence-corrected chi connectivity index (χ2v) is 8.07. The van der Waals surface area contributed by atoms with Crippen LogP contribution in [-0.4, -0.2) is 43.3 Å². The van der Waals surface area contributed by atoms with E-state index in [1.54, 1.807) is 12.4 Å². The normalized spacial score (nSPS) is 12.0. The quantitative estimate of drug-likeness (QED) is 0.381. The monoisotopic (exact) mass is 432 g/mol. The molecule has 0 bridgehead atoms. The van der Waals surface area contributed by atoms with Crippen molar-refractivity contribution in [2.24, 2.45) is 0 Å². The second kappa shape index (κ2) is 10.9. The molecule has 0 fully saturated rings. The summed E-state index contributed by atoms with van der Waals surface area (Å²) in [6, 6.07) is 24.0. The Hall–Kier alpha value is -3.00. The topological polar surface area (TPSA) is 73.1 Å². The fraction of sp³-hybridized carbons (Fsp3) is 0.208. The van der Waals surface area contributed by atoms with E-state index in [4.69, 9.17) is 4.74 Å². The van der Waals surface area contributed by atoms with Gasteiger partial charge < -0.3 is 9.84 Å². The highest BCUT2D eigenvalue weighted by Crippen LogP contribution is 2.25. The van der Waals surface area contributed by atoms with Crippen LogP contribution in [0, 0.1) is 0 Å². The van der Waals surface area contributed by atoms with Crippen LogP contribution in [0.3, 0.4) is 0 Å². The molecule has 7 heteroatoms. The van der Waals surface area contributed by atoms with Crippen molar-refractivity contribution in [3.05, 3.63) is 96.3 Å². The van der Waals surface area contributed by atoms with Gasteiger partial charge in [-0.15, -0.1) is 10.2 Å². The summed E-state index contributed by atoms with van der Waals surface area (Å²) in [6.45, 7) is 1.39. The highest BCUT2D eigenvalue weighted by Gasteiger charge is 2.16. The number of nitrogens with zero attached hydrogens (tertiary/aromatic N) is 4. The van der Waals surface area contributed by atoms with Crippen LogP contribution < -0.4 is 0 Å². The van der Waals surface area contributed by atoms with Crippen molar-refractivity contribution in [2.45, 2.75) is 24.4 Å². The molecule has 4 rings (SSSR count). The lowest BCUT2D eigenvalue weighted by Crippen LogP contribution is -2.18. The smallest absolute Gasteiger partial charge is 0.191 e. The summed E-state index contributed by atoms with van der Waals surface area (Å²) in [5.74, 6) is 1.23. The lowest BCUT2D eigenvalue weighted by molar-refractivity contribution is 0.0397. The Morgan fingerprint density at radius 2 is 1.65 bits per heavy atom. The van der Waals surface area contributed by atoms with Crippen molar-refractivity contribution >= 4 is 11.8 Å². The third-order valence-electron chi connectivity index (χ3n) is 4.65. The number of rotatable bonds is 10. The van der Waals surface area contributed by atoms with E-state index in [2.05, 4.69) is 31.9 Å². The number of hydrogen-bond donors (Lipinski definition) is 1. The zero-order chi connectivity index (χ0) is 21.3. The van der Waals surface area contributed by atoms with Crippen LogP contribution in [-0.2, 0) is 17.9 Å². The summed E-state index contributed by atoms with van der Waals surface area (Å²) in [5.41, 5.74) is 3.15. The van der Waals surface area contributed by atoms with Gasteiger partial charge in [-0.1, -0.05) is 72.4 Å². The molecule has 0 radical (unpaired) electrons. The molecule has 4 aromatic rings. The maximum Gasteiger partial charge on any atom is 0.191 e. The zero-order valence-electron chi connectivity index (χ0n) is 17.0. The number of hydrogen-bond acceptors (Lipinski definition) is 6. The maximum absolute atomic E-state index is 10.4. The van der Waals surface area contributed by atoms with Crippen LogP contribution in [0.1, 0.15) is 11.1 Å². The Kier molecular flexibility index (Phi) is 7.44. The fourth-order valence-electron chi connectivity index (χ4n) is 3.12. The number of pyridine rings is 1. The SMILES string of the molecule is OC(COCc1ccccc1)CSc1nnc(-c2cccnc2)n1Cc1ccccc1. The van der Waals surface area contributed by atoms with Gasteiger partial charge in [0.1, 0.15) is 0 Å². The summed E-state index contributed by atoms with van der Waals surface area (Å²) < 4.78 is 7.72. The molecule has 0 saturated carbocycles. The molecule has 1 N–H and O–H groups in total. The van der Waals surface area contributed by atoms with Crippen molar-refractivity contribution < 1.29 is 9.84 Å². The molecule has 158 valence electrons. The van der Waals surface area contributed by atoms with Gasteiger partial charge >= 0.3 is 0 Å². The molecular formula is C24H24N4O2S. The highest BCUT2D eigenvalue weighted by molar-refractivity contribution is 7.99. The van der Waals surface area contributed by atoms with Crippen molar-refractivity contribution in [1.82, 2.24) is 19.7 Å². The first-order chi connectivity index (χ1) is 15.3. The van der Waals surface area contributed by atoms with Gasteiger partial charge in [-0.3, -0.25) is 9.55 Å². The third kappa shape index (κ3) is 6.01. The van der Waals surface area contributed by atoms with Crippen LogP contribution in [0.15, 0.2) is 90.3 Å². The number of thioether (sulfide) groups is 1. The van der Waals surface area contributed by atoms with Crippen LogP contribution in [0.25, 0.3) is 11.4 Å². The molecule has 2 aromatic heterocycles. The first kappa shape index (κ1) is 21.2. The fourth-order valence-corrected chi connectivity index (χ4v) is 3.96. The Bertz CT molecular complexity index is 1060. The van der Waals surface area contributed by atoms with Crippen LogP contribution in [0.2, 0.25) is 0 Å². The average molecular weight is 433 g/mol. The van der Waals surface area contributed by atoms with E-state index < -0.39 is 6.10 Å². The second-order valence-electron chi connectivity index (χ2n) is 7.09. The Morgan fingerprint density at radius 3 is 2.35 bits per heavy atom. The van der Waals surface area contributed by atoms with Gasteiger partial charge in [-0.2, -0.15) is 0 Å². The molecule has 0 spiro atoms. The van der Waals surface area contributed by atoms with Gasteiger partial charge in [-0.05, 0) is 23.3 Å².